The number of carbonyl (C=O) groups excluding carboxylic acids is 1. The van der Waals surface area contributed by atoms with E-state index >= 15 is 0 Å². The molecular weight excluding hydrogens is 272 g/mol. The average Bonchev–Trinajstić information content (AvgIpc) is 2.48. The lowest BCUT2D eigenvalue weighted by Crippen LogP contribution is -2.52. The van der Waals surface area contributed by atoms with E-state index in [2.05, 4.69) is 10.2 Å². The number of hydrogen-bond donors (Lipinski definition) is 2. The number of nitrogens with zero attached hydrogens (tertiary/aromatic N) is 1. The Balaban J connectivity index is 2.01. The van der Waals surface area contributed by atoms with E-state index in [1.54, 1.807) is 7.05 Å². The first-order valence-corrected chi connectivity index (χ1v) is 6.93. The van der Waals surface area contributed by atoms with Gasteiger partial charge >= 0.3 is 5.97 Å². The number of carboxylic acid groups (broad SMARTS) is 1. The Morgan fingerprint density at radius 3 is 2.62 bits per heavy atom. The molecule has 6 nitrogen and oxygen atoms in total. The summed E-state index contributed by atoms with van der Waals surface area (Å²) in [4.78, 5) is 24.6. The molecule has 1 unspecified atom stereocenters. The quantitative estimate of drug-likeness (QED) is 0.814. The third-order valence-corrected chi connectivity index (χ3v) is 3.55. The average molecular weight is 292 g/mol. The molecule has 1 aliphatic heterocycles. The van der Waals surface area contributed by atoms with Crippen LogP contribution in [0.3, 0.4) is 0 Å². The Kier molecular flexibility index (Phi) is 5.30. The fourth-order valence-corrected chi connectivity index (χ4v) is 2.41. The summed E-state index contributed by atoms with van der Waals surface area (Å²) in [6.45, 7) is 2.37. The van der Waals surface area contributed by atoms with Gasteiger partial charge in [-0.1, -0.05) is 24.3 Å². The minimum absolute atomic E-state index is 0.0265. The number of carboxylic acids is 1. The molecule has 0 aromatic heterocycles. The SMILES string of the molecule is CNC(=O)C1COCCN1Cc1ccc(CC(=O)O)cc1. The van der Waals surface area contributed by atoms with Crippen LogP contribution >= 0.6 is 0 Å². The Hall–Kier alpha value is -1.92. The second-order valence-corrected chi connectivity index (χ2v) is 5.06. The molecule has 0 radical (unpaired) electrons. The number of carbonyl (C=O) groups is 2. The van der Waals surface area contributed by atoms with Gasteiger partial charge in [-0.15, -0.1) is 0 Å². The van der Waals surface area contributed by atoms with Crippen LogP contribution in [0.25, 0.3) is 0 Å². The van der Waals surface area contributed by atoms with Gasteiger partial charge in [-0.2, -0.15) is 0 Å². The summed E-state index contributed by atoms with van der Waals surface area (Å²) < 4.78 is 5.37. The maximum Gasteiger partial charge on any atom is 0.307 e. The van der Waals surface area contributed by atoms with Gasteiger partial charge < -0.3 is 15.2 Å². The van der Waals surface area contributed by atoms with Crippen molar-refractivity contribution in [2.24, 2.45) is 0 Å². The molecule has 1 saturated heterocycles. The van der Waals surface area contributed by atoms with Crippen LogP contribution in [0.4, 0.5) is 0 Å². The van der Waals surface area contributed by atoms with E-state index in [9.17, 15) is 9.59 Å². The van der Waals surface area contributed by atoms with Gasteiger partial charge in [0, 0.05) is 20.1 Å². The van der Waals surface area contributed by atoms with Crippen molar-refractivity contribution in [2.45, 2.75) is 19.0 Å². The molecule has 1 aromatic rings. The molecule has 114 valence electrons. The molecule has 1 amide bonds. The highest BCUT2D eigenvalue weighted by Gasteiger charge is 2.28. The molecule has 0 saturated carbocycles. The van der Waals surface area contributed by atoms with E-state index in [0.29, 0.717) is 26.3 Å². The summed E-state index contributed by atoms with van der Waals surface area (Å²) in [5.41, 5.74) is 1.83. The molecule has 1 aromatic carbocycles. The van der Waals surface area contributed by atoms with Gasteiger partial charge in [0.2, 0.25) is 5.91 Å². The molecule has 2 rings (SSSR count). The van der Waals surface area contributed by atoms with Gasteiger partial charge in [-0.05, 0) is 11.1 Å². The second kappa shape index (κ2) is 7.19. The first kappa shape index (κ1) is 15.5. The van der Waals surface area contributed by atoms with Gasteiger partial charge in [-0.3, -0.25) is 14.5 Å². The number of morpholine rings is 1. The minimum Gasteiger partial charge on any atom is -0.481 e. The number of aliphatic carboxylic acids is 1. The Morgan fingerprint density at radius 2 is 2.00 bits per heavy atom. The van der Waals surface area contributed by atoms with Crippen LogP contribution in [0, 0.1) is 0 Å². The maximum atomic E-state index is 11.8. The molecule has 6 heteroatoms. The van der Waals surface area contributed by atoms with E-state index in [4.69, 9.17) is 9.84 Å². The zero-order chi connectivity index (χ0) is 15.2. The van der Waals surface area contributed by atoms with Crippen LogP contribution in [0.5, 0.6) is 0 Å². The van der Waals surface area contributed by atoms with Gasteiger partial charge in [0.05, 0.1) is 19.6 Å². The van der Waals surface area contributed by atoms with Crippen LogP contribution < -0.4 is 5.32 Å². The first-order valence-electron chi connectivity index (χ1n) is 6.93. The molecule has 2 N–H and O–H groups in total. The predicted molar refractivity (Wildman–Crippen MR) is 76.9 cm³/mol. The normalized spacial score (nSPS) is 19.2. The van der Waals surface area contributed by atoms with Gasteiger partial charge in [0.1, 0.15) is 6.04 Å². The summed E-state index contributed by atoms with van der Waals surface area (Å²) in [6.07, 6.45) is 0.0265. The summed E-state index contributed by atoms with van der Waals surface area (Å²) in [6, 6.07) is 7.18. The van der Waals surface area contributed by atoms with Crippen molar-refractivity contribution in [3.8, 4) is 0 Å². The lowest BCUT2D eigenvalue weighted by molar-refractivity contribution is -0.136. The highest BCUT2D eigenvalue weighted by atomic mass is 16.5. The molecule has 21 heavy (non-hydrogen) atoms. The van der Waals surface area contributed by atoms with Gasteiger partial charge in [-0.25, -0.2) is 0 Å². The van der Waals surface area contributed by atoms with Gasteiger partial charge in [0.15, 0.2) is 0 Å². The third-order valence-electron chi connectivity index (χ3n) is 3.55. The van der Waals surface area contributed by atoms with Crippen LogP contribution in [0.2, 0.25) is 0 Å². The molecule has 1 atom stereocenters. The summed E-state index contributed by atoms with van der Waals surface area (Å²) in [5.74, 6) is -0.882. The smallest absolute Gasteiger partial charge is 0.307 e. The van der Waals surface area contributed by atoms with Crippen molar-refractivity contribution < 1.29 is 19.4 Å². The number of hydrogen-bond acceptors (Lipinski definition) is 4. The number of rotatable bonds is 5. The molecule has 1 heterocycles. The van der Waals surface area contributed by atoms with Crippen molar-refractivity contribution in [2.75, 3.05) is 26.8 Å². The van der Waals surface area contributed by atoms with E-state index < -0.39 is 5.97 Å². The first-order chi connectivity index (χ1) is 10.1. The number of nitrogens with one attached hydrogen (secondary N) is 1. The number of amides is 1. The molecule has 1 fully saturated rings. The second-order valence-electron chi connectivity index (χ2n) is 5.06. The maximum absolute atomic E-state index is 11.8. The van der Waals surface area contributed by atoms with Crippen LogP contribution in [0.1, 0.15) is 11.1 Å². The van der Waals surface area contributed by atoms with Crippen LogP contribution in [-0.4, -0.2) is 54.7 Å². The van der Waals surface area contributed by atoms with Crippen molar-refractivity contribution in [1.82, 2.24) is 10.2 Å². The number of ether oxygens (including phenoxy) is 1. The third kappa shape index (κ3) is 4.27. The van der Waals surface area contributed by atoms with Crippen molar-refractivity contribution in [3.63, 3.8) is 0 Å². The predicted octanol–water partition coefficient (Wildman–Crippen LogP) is 0.261. The Labute approximate surface area is 123 Å². The molecule has 0 spiro atoms. The zero-order valence-electron chi connectivity index (χ0n) is 12.0. The van der Waals surface area contributed by atoms with E-state index in [-0.39, 0.29) is 18.4 Å². The standard InChI is InChI=1S/C15H20N2O4/c1-16-15(20)13-10-21-7-6-17(13)9-12-4-2-11(3-5-12)8-14(18)19/h2-5,13H,6-10H2,1H3,(H,16,20)(H,18,19). The van der Waals surface area contributed by atoms with E-state index in [1.807, 2.05) is 24.3 Å². The molecule has 0 aliphatic carbocycles. The van der Waals surface area contributed by atoms with E-state index in [0.717, 1.165) is 11.1 Å². The Bertz CT molecular complexity index is 501. The van der Waals surface area contributed by atoms with Crippen LogP contribution in [0.15, 0.2) is 24.3 Å². The lowest BCUT2D eigenvalue weighted by atomic mass is 10.1. The van der Waals surface area contributed by atoms with Crippen molar-refractivity contribution in [3.05, 3.63) is 35.4 Å². The fourth-order valence-electron chi connectivity index (χ4n) is 2.41. The number of likely N-dealkylation sites (N-methyl/N-ethyl adjacent to an activating group) is 1. The van der Waals surface area contributed by atoms with Crippen molar-refractivity contribution >= 4 is 11.9 Å². The zero-order valence-corrected chi connectivity index (χ0v) is 12.0. The Morgan fingerprint density at radius 1 is 1.33 bits per heavy atom. The monoisotopic (exact) mass is 292 g/mol. The molecule has 1 aliphatic rings. The van der Waals surface area contributed by atoms with E-state index in [1.165, 1.54) is 0 Å². The van der Waals surface area contributed by atoms with Gasteiger partial charge in [0.25, 0.3) is 0 Å². The van der Waals surface area contributed by atoms with Crippen LogP contribution in [-0.2, 0) is 27.3 Å². The molecule has 0 bridgehead atoms. The minimum atomic E-state index is -0.837. The summed E-state index contributed by atoms with van der Waals surface area (Å²) >= 11 is 0. The van der Waals surface area contributed by atoms with Crippen molar-refractivity contribution in [1.29, 1.82) is 0 Å². The largest absolute Gasteiger partial charge is 0.481 e. The topological polar surface area (TPSA) is 78.9 Å². The number of benzene rings is 1. The molecular formula is C15H20N2O4. The summed E-state index contributed by atoms with van der Waals surface area (Å²) in [5, 5.41) is 11.4. The lowest BCUT2D eigenvalue weighted by Gasteiger charge is -2.34. The highest BCUT2D eigenvalue weighted by Crippen LogP contribution is 2.14. The fraction of sp³-hybridized carbons (Fsp3) is 0.467. The highest BCUT2D eigenvalue weighted by molar-refractivity contribution is 5.81. The summed E-state index contributed by atoms with van der Waals surface area (Å²) in [7, 11) is 1.62.